The van der Waals surface area contributed by atoms with E-state index in [2.05, 4.69) is 0 Å². The molecule has 0 bridgehead atoms. The van der Waals surface area contributed by atoms with Gasteiger partial charge >= 0.3 is 0 Å². The number of hydrogen-bond donors (Lipinski definition) is 0. The maximum Gasteiger partial charge on any atom is 0.0814 e. The molecule has 0 nitrogen and oxygen atoms in total. The SMILES string of the molecule is B.[Cr].[Fe].[Ni].[SiH4]. The summed E-state index contributed by atoms with van der Waals surface area (Å²) >= 11 is 0. The fraction of sp³-hybridized carbons (Fsp3) is 0. The Hall–Kier alpha value is 1.83. The molecule has 0 rings (SSSR count). The van der Waals surface area contributed by atoms with E-state index in [0.717, 1.165) is 0 Å². The number of rotatable bonds is 0. The van der Waals surface area contributed by atoms with E-state index in [-0.39, 0.29) is 70.3 Å². The van der Waals surface area contributed by atoms with Crippen molar-refractivity contribution in [3.05, 3.63) is 0 Å². The summed E-state index contributed by atoms with van der Waals surface area (Å²) in [4.78, 5) is 0. The first-order valence-corrected chi connectivity index (χ1v) is 0. The van der Waals surface area contributed by atoms with Gasteiger partial charge in [0.15, 0.2) is 0 Å². The third-order valence-electron chi connectivity index (χ3n) is 0. The van der Waals surface area contributed by atoms with Crippen LogP contribution in [-0.2, 0) is 50.9 Å². The molecular weight excluding hydrogens is 205 g/mol. The molecule has 0 saturated heterocycles. The zero-order chi connectivity index (χ0) is 0. The molecule has 5 heavy (non-hydrogen) atoms. The van der Waals surface area contributed by atoms with Crippen molar-refractivity contribution in [1.82, 2.24) is 0 Å². The van der Waals surface area contributed by atoms with Gasteiger partial charge in [-0.25, -0.2) is 0 Å². The van der Waals surface area contributed by atoms with Crippen LogP contribution in [0.3, 0.4) is 0 Å². The average Bonchev–Trinajstić information content (AvgIpc) is 0. The van der Waals surface area contributed by atoms with Crippen LogP contribution in [0.15, 0.2) is 0 Å². The minimum absolute atomic E-state index is 0. The molecule has 0 aromatic rings. The normalized spacial score (nSPS) is 0. The molecule has 0 spiro atoms. The summed E-state index contributed by atoms with van der Waals surface area (Å²) in [6.45, 7) is 0. The molecule has 0 aromatic carbocycles. The van der Waals surface area contributed by atoms with Crippen LogP contribution in [0.1, 0.15) is 0 Å². The Bertz CT molecular complexity index is 11.6. The zero-order valence-corrected chi connectivity index (χ0v) is 4.44. The summed E-state index contributed by atoms with van der Waals surface area (Å²) in [5.74, 6) is 0. The maximum atomic E-state index is 0. The van der Waals surface area contributed by atoms with Crippen molar-refractivity contribution in [2.24, 2.45) is 0 Å². The summed E-state index contributed by atoms with van der Waals surface area (Å²) < 4.78 is 0. The van der Waals surface area contributed by atoms with Crippen LogP contribution in [0, 0.1) is 0 Å². The summed E-state index contributed by atoms with van der Waals surface area (Å²) in [5.41, 5.74) is 0. The van der Waals surface area contributed by atoms with Crippen LogP contribution >= 0.6 is 0 Å². The molecule has 0 aliphatic rings. The standard InChI is InChI=1S/BH3.Cr.Fe.Ni.H4Si/h1H3;;;;1H4. The van der Waals surface area contributed by atoms with E-state index in [1.807, 2.05) is 0 Å². The zero-order valence-electron chi connectivity index (χ0n) is 1.08. The van der Waals surface area contributed by atoms with Crippen LogP contribution in [0.4, 0.5) is 0 Å². The van der Waals surface area contributed by atoms with Crippen molar-refractivity contribution in [3.63, 3.8) is 0 Å². The minimum Gasteiger partial charge on any atom is -0.0149 e. The quantitative estimate of drug-likeness (QED) is 0.385. The van der Waals surface area contributed by atoms with E-state index >= 15 is 0 Å². The van der Waals surface area contributed by atoms with Crippen LogP contribution in [0.5, 0.6) is 0 Å². The average molecular weight is 212 g/mol. The summed E-state index contributed by atoms with van der Waals surface area (Å²) in [5, 5.41) is 0. The Balaban J connectivity index is 0. The largest absolute Gasteiger partial charge is 0.0814 e. The first-order chi connectivity index (χ1) is 0. The van der Waals surface area contributed by atoms with Crippen LogP contribution in [0.25, 0.3) is 0 Å². The van der Waals surface area contributed by atoms with Gasteiger partial charge in [0.05, 0.1) is 8.41 Å². The molecule has 0 aliphatic carbocycles. The maximum absolute atomic E-state index is 0. The predicted octanol–water partition coefficient (Wildman–Crippen LogP) is -2.64. The Kier molecular flexibility index (Phi) is 565. The van der Waals surface area contributed by atoms with Crippen LogP contribution < -0.4 is 0 Å². The van der Waals surface area contributed by atoms with Crippen molar-refractivity contribution in [1.29, 1.82) is 0 Å². The van der Waals surface area contributed by atoms with Gasteiger partial charge in [-0.15, -0.1) is 0 Å². The van der Waals surface area contributed by atoms with E-state index < -0.39 is 0 Å². The third-order valence-corrected chi connectivity index (χ3v) is 0. The molecular formula is H7BCrFeNiSi. The van der Waals surface area contributed by atoms with Gasteiger partial charge in [0.1, 0.15) is 0 Å². The van der Waals surface area contributed by atoms with Crippen molar-refractivity contribution in [3.8, 4) is 0 Å². The smallest absolute Gasteiger partial charge is 0.0149 e. The molecule has 0 heterocycles. The van der Waals surface area contributed by atoms with Gasteiger partial charge in [0.25, 0.3) is 0 Å². The summed E-state index contributed by atoms with van der Waals surface area (Å²) in [7, 11) is 0. The summed E-state index contributed by atoms with van der Waals surface area (Å²) in [6.07, 6.45) is 0. The molecule has 0 unspecified atom stereocenters. The van der Waals surface area contributed by atoms with Crippen LogP contribution in [-0.4, -0.2) is 19.4 Å². The van der Waals surface area contributed by atoms with Crippen molar-refractivity contribution >= 4 is 19.4 Å². The molecule has 0 atom stereocenters. The van der Waals surface area contributed by atoms with Gasteiger partial charge in [-0.1, -0.05) is 0 Å². The molecule has 0 radical (unpaired) electrons. The molecule has 38 valence electrons. The molecule has 5 heteroatoms. The van der Waals surface area contributed by atoms with Crippen molar-refractivity contribution in [2.45, 2.75) is 0 Å². The predicted molar refractivity (Wildman–Crippen MR) is 21.3 cm³/mol. The fourth-order valence-electron chi connectivity index (χ4n) is 0. The minimum atomic E-state index is 0. The van der Waals surface area contributed by atoms with Gasteiger partial charge in [-0.05, 0) is 11.0 Å². The summed E-state index contributed by atoms with van der Waals surface area (Å²) in [6, 6.07) is 0. The van der Waals surface area contributed by atoms with E-state index in [9.17, 15) is 0 Å². The van der Waals surface area contributed by atoms with Gasteiger partial charge in [0.2, 0.25) is 0 Å². The Labute approximate surface area is 70.0 Å². The Morgan fingerprint density at radius 2 is 1.00 bits per heavy atom. The second kappa shape index (κ2) is 40.7. The number of hydrogen-bond acceptors (Lipinski definition) is 0. The van der Waals surface area contributed by atoms with Crippen LogP contribution in [0.2, 0.25) is 0 Å². The first kappa shape index (κ1) is 69.4. The molecule has 0 amide bonds. The van der Waals surface area contributed by atoms with Crippen molar-refractivity contribution < 1.29 is 50.9 Å². The molecule has 0 saturated carbocycles. The van der Waals surface area contributed by atoms with Gasteiger partial charge in [-0.2, -0.15) is 0 Å². The van der Waals surface area contributed by atoms with Crippen molar-refractivity contribution in [2.75, 3.05) is 0 Å². The second-order valence-corrected chi connectivity index (χ2v) is 0. The first-order valence-electron chi connectivity index (χ1n) is 0. The second-order valence-electron chi connectivity index (χ2n) is 0. The van der Waals surface area contributed by atoms with Gasteiger partial charge < -0.3 is 0 Å². The van der Waals surface area contributed by atoms with E-state index in [0.29, 0.717) is 0 Å². The molecule has 0 fully saturated rings. The van der Waals surface area contributed by atoms with E-state index in [1.54, 1.807) is 0 Å². The van der Waals surface area contributed by atoms with E-state index in [1.165, 1.54) is 0 Å². The Morgan fingerprint density at radius 3 is 1.00 bits per heavy atom. The molecule has 0 N–H and O–H groups in total. The Morgan fingerprint density at radius 1 is 1.00 bits per heavy atom. The topological polar surface area (TPSA) is 0 Å². The molecule has 0 aromatic heterocycles. The van der Waals surface area contributed by atoms with Gasteiger partial charge in [-0.3, -0.25) is 0 Å². The third kappa shape index (κ3) is 25.6. The monoisotopic (exact) mass is 212 g/mol. The fourth-order valence-corrected chi connectivity index (χ4v) is 0. The molecule has 0 aliphatic heterocycles. The van der Waals surface area contributed by atoms with Gasteiger partial charge in [0, 0.05) is 50.9 Å². The van der Waals surface area contributed by atoms with E-state index in [4.69, 9.17) is 0 Å².